The Hall–Kier alpha value is -3.26. The number of hydrogen-bond donors (Lipinski definition) is 1. The molecule has 0 aliphatic carbocycles. The highest BCUT2D eigenvalue weighted by molar-refractivity contribution is 5.96. The van der Waals surface area contributed by atoms with E-state index in [9.17, 15) is 18.8 Å². The second-order valence-electron chi connectivity index (χ2n) is 7.15. The van der Waals surface area contributed by atoms with Crippen molar-refractivity contribution in [2.75, 3.05) is 45.2 Å². The van der Waals surface area contributed by atoms with Gasteiger partial charge in [-0.05, 0) is 42.8 Å². The number of nitrogens with one attached hydrogen (secondary N) is 1. The number of rotatable bonds is 5. The summed E-state index contributed by atoms with van der Waals surface area (Å²) in [6.45, 7) is 3.81. The molecule has 1 aliphatic rings. The third kappa shape index (κ3) is 5.21. The number of benzene rings is 2. The third-order valence-corrected chi connectivity index (χ3v) is 5.01. The minimum absolute atomic E-state index is 0.170. The van der Waals surface area contributed by atoms with Crippen LogP contribution < -0.4 is 5.32 Å². The number of carbonyl (C=O) groups is 3. The van der Waals surface area contributed by atoms with Crippen LogP contribution in [-0.4, -0.2) is 67.4 Å². The number of halogens is 1. The van der Waals surface area contributed by atoms with Gasteiger partial charge in [0.05, 0.1) is 19.2 Å². The molecule has 2 amide bonds. The van der Waals surface area contributed by atoms with Crippen molar-refractivity contribution in [1.29, 1.82) is 0 Å². The van der Waals surface area contributed by atoms with Crippen molar-refractivity contribution in [2.24, 2.45) is 0 Å². The lowest BCUT2D eigenvalue weighted by atomic mass is 10.1. The molecule has 1 N–H and O–H groups in total. The van der Waals surface area contributed by atoms with Gasteiger partial charge in [0.15, 0.2) is 0 Å². The Balaban J connectivity index is 1.50. The molecular weight excluding hydrogens is 389 g/mol. The van der Waals surface area contributed by atoms with Crippen molar-refractivity contribution >= 4 is 23.5 Å². The predicted octanol–water partition coefficient (Wildman–Crippen LogP) is 2.32. The highest BCUT2D eigenvalue weighted by Gasteiger charge is 2.24. The standard InChI is InChI=1S/C22H24FN3O4/c1-15-6-7-16(13-19(15)23)21(28)26-10-8-25(9-11-26)14-20(27)24-18-5-3-4-17(12-18)22(29)30-2/h3-7,12-13H,8-11,14H2,1-2H3,(H,24,27). The van der Waals surface area contributed by atoms with Crippen LogP contribution in [0.2, 0.25) is 0 Å². The fraction of sp³-hybridized carbons (Fsp3) is 0.318. The predicted molar refractivity (Wildman–Crippen MR) is 110 cm³/mol. The maximum absolute atomic E-state index is 13.7. The summed E-state index contributed by atoms with van der Waals surface area (Å²) >= 11 is 0. The number of aryl methyl sites for hydroxylation is 1. The van der Waals surface area contributed by atoms with E-state index in [-0.39, 0.29) is 18.4 Å². The van der Waals surface area contributed by atoms with Crippen LogP contribution in [0.1, 0.15) is 26.3 Å². The van der Waals surface area contributed by atoms with Gasteiger partial charge in [0.25, 0.3) is 5.91 Å². The van der Waals surface area contributed by atoms with E-state index in [2.05, 4.69) is 10.1 Å². The Bertz CT molecular complexity index is 955. The van der Waals surface area contributed by atoms with Gasteiger partial charge in [-0.2, -0.15) is 0 Å². The van der Waals surface area contributed by atoms with Gasteiger partial charge in [-0.1, -0.05) is 12.1 Å². The molecule has 0 radical (unpaired) electrons. The summed E-state index contributed by atoms with van der Waals surface area (Å²) in [5.74, 6) is -1.29. The van der Waals surface area contributed by atoms with E-state index in [1.54, 1.807) is 48.2 Å². The molecule has 1 aliphatic heterocycles. The molecule has 0 atom stereocenters. The maximum atomic E-state index is 13.7. The Labute approximate surface area is 174 Å². The van der Waals surface area contributed by atoms with E-state index in [0.717, 1.165) is 0 Å². The number of methoxy groups -OCH3 is 1. The number of piperazine rings is 1. The summed E-state index contributed by atoms with van der Waals surface area (Å²) in [6.07, 6.45) is 0. The van der Waals surface area contributed by atoms with Gasteiger partial charge in [-0.25, -0.2) is 9.18 Å². The number of hydrogen-bond acceptors (Lipinski definition) is 5. The zero-order valence-electron chi connectivity index (χ0n) is 17.0. The van der Waals surface area contributed by atoms with Crippen LogP contribution in [-0.2, 0) is 9.53 Å². The maximum Gasteiger partial charge on any atom is 0.337 e. The van der Waals surface area contributed by atoms with Gasteiger partial charge in [-0.3, -0.25) is 14.5 Å². The molecule has 2 aromatic carbocycles. The van der Waals surface area contributed by atoms with E-state index < -0.39 is 11.8 Å². The zero-order valence-corrected chi connectivity index (χ0v) is 17.0. The van der Waals surface area contributed by atoms with E-state index >= 15 is 0 Å². The first-order chi connectivity index (χ1) is 14.4. The van der Waals surface area contributed by atoms with Gasteiger partial charge in [0, 0.05) is 37.4 Å². The van der Waals surface area contributed by atoms with Crippen molar-refractivity contribution in [3.8, 4) is 0 Å². The Morgan fingerprint density at radius 2 is 1.77 bits per heavy atom. The average Bonchev–Trinajstić information content (AvgIpc) is 2.75. The molecule has 1 saturated heterocycles. The van der Waals surface area contributed by atoms with Crippen molar-refractivity contribution in [3.05, 3.63) is 65.0 Å². The molecular formula is C22H24FN3O4. The molecule has 0 aromatic heterocycles. The average molecular weight is 413 g/mol. The highest BCUT2D eigenvalue weighted by atomic mass is 19.1. The van der Waals surface area contributed by atoms with Crippen LogP contribution in [0.25, 0.3) is 0 Å². The van der Waals surface area contributed by atoms with Crippen LogP contribution in [0.15, 0.2) is 42.5 Å². The quantitative estimate of drug-likeness (QED) is 0.761. The second kappa shape index (κ2) is 9.49. The minimum Gasteiger partial charge on any atom is -0.465 e. The van der Waals surface area contributed by atoms with Gasteiger partial charge < -0.3 is 15.0 Å². The van der Waals surface area contributed by atoms with Crippen LogP contribution in [0.5, 0.6) is 0 Å². The molecule has 7 nitrogen and oxygen atoms in total. The summed E-state index contributed by atoms with van der Waals surface area (Å²) in [7, 11) is 1.30. The number of amides is 2. The molecule has 2 aromatic rings. The van der Waals surface area contributed by atoms with E-state index in [1.165, 1.54) is 13.2 Å². The Kier molecular flexibility index (Phi) is 6.79. The topological polar surface area (TPSA) is 79.0 Å². The summed E-state index contributed by atoms with van der Waals surface area (Å²) in [4.78, 5) is 40.1. The third-order valence-electron chi connectivity index (χ3n) is 5.01. The fourth-order valence-electron chi connectivity index (χ4n) is 3.26. The van der Waals surface area contributed by atoms with Crippen LogP contribution in [0, 0.1) is 12.7 Å². The molecule has 0 unspecified atom stereocenters. The zero-order chi connectivity index (χ0) is 21.7. The van der Waals surface area contributed by atoms with Crippen LogP contribution in [0.3, 0.4) is 0 Å². The Morgan fingerprint density at radius 1 is 1.03 bits per heavy atom. The van der Waals surface area contributed by atoms with Gasteiger partial charge in [0.2, 0.25) is 5.91 Å². The normalized spacial score (nSPS) is 14.3. The van der Waals surface area contributed by atoms with Crippen LogP contribution in [0.4, 0.5) is 10.1 Å². The van der Waals surface area contributed by atoms with E-state index in [0.29, 0.717) is 48.6 Å². The first kappa shape index (κ1) is 21.4. The molecule has 3 rings (SSSR count). The van der Waals surface area contributed by atoms with Crippen molar-refractivity contribution in [1.82, 2.24) is 9.80 Å². The number of anilines is 1. The fourth-order valence-corrected chi connectivity index (χ4v) is 3.26. The molecule has 1 fully saturated rings. The number of esters is 1. The van der Waals surface area contributed by atoms with Gasteiger partial charge >= 0.3 is 5.97 Å². The highest BCUT2D eigenvalue weighted by Crippen LogP contribution is 2.14. The number of carbonyl (C=O) groups excluding carboxylic acids is 3. The lowest BCUT2D eigenvalue weighted by Crippen LogP contribution is -2.50. The smallest absolute Gasteiger partial charge is 0.337 e. The van der Waals surface area contributed by atoms with E-state index in [1.807, 2.05) is 4.90 Å². The number of ether oxygens (including phenoxy) is 1. The molecule has 8 heteroatoms. The largest absolute Gasteiger partial charge is 0.465 e. The SMILES string of the molecule is COC(=O)c1cccc(NC(=O)CN2CCN(C(=O)c3ccc(C)c(F)c3)CC2)c1. The molecule has 158 valence electrons. The molecule has 0 saturated carbocycles. The van der Waals surface area contributed by atoms with E-state index in [4.69, 9.17) is 0 Å². The first-order valence-corrected chi connectivity index (χ1v) is 9.63. The summed E-state index contributed by atoms with van der Waals surface area (Å²) in [5, 5.41) is 2.77. The Morgan fingerprint density at radius 3 is 2.43 bits per heavy atom. The monoisotopic (exact) mass is 413 g/mol. The first-order valence-electron chi connectivity index (χ1n) is 9.63. The van der Waals surface area contributed by atoms with Crippen molar-refractivity contribution in [2.45, 2.75) is 6.92 Å². The van der Waals surface area contributed by atoms with Gasteiger partial charge in [0.1, 0.15) is 5.82 Å². The lowest BCUT2D eigenvalue weighted by molar-refractivity contribution is -0.117. The molecule has 30 heavy (non-hydrogen) atoms. The minimum atomic E-state index is -0.472. The molecule has 0 spiro atoms. The molecule has 0 bridgehead atoms. The summed E-state index contributed by atoms with van der Waals surface area (Å²) in [5.41, 5.74) is 1.70. The summed E-state index contributed by atoms with van der Waals surface area (Å²) < 4.78 is 18.4. The van der Waals surface area contributed by atoms with Crippen molar-refractivity contribution in [3.63, 3.8) is 0 Å². The van der Waals surface area contributed by atoms with Gasteiger partial charge in [-0.15, -0.1) is 0 Å². The molecule has 1 heterocycles. The summed E-state index contributed by atoms with van der Waals surface area (Å²) in [6, 6.07) is 11.0. The van der Waals surface area contributed by atoms with Crippen molar-refractivity contribution < 1.29 is 23.5 Å². The number of nitrogens with zero attached hydrogens (tertiary/aromatic N) is 2. The second-order valence-corrected chi connectivity index (χ2v) is 7.15. The van der Waals surface area contributed by atoms with Crippen LogP contribution >= 0.6 is 0 Å². The lowest BCUT2D eigenvalue weighted by Gasteiger charge is -2.34.